The maximum Gasteiger partial charge on any atom is 0.404 e. The van der Waals surface area contributed by atoms with Crippen molar-refractivity contribution in [3.63, 3.8) is 0 Å². The minimum atomic E-state index is -4.74. The lowest BCUT2D eigenvalue weighted by molar-refractivity contribution is -0.243. The van der Waals surface area contributed by atoms with Crippen LogP contribution in [0.2, 0.25) is 0 Å². The maximum absolute atomic E-state index is 13.4. The summed E-state index contributed by atoms with van der Waals surface area (Å²) in [5.41, 5.74) is -2.60. The van der Waals surface area contributed by atoms with Crippen molar-refractivity contribution in [3.05, 3.63) is 0 Å². The molecule has 124 valence electrons. The van der Waals surface area contributed by atoms with Crippen molar-refractivity contribution in [2.75, 3.05) is 6.61 Å². The summed E-state index contributed by atoms with van der Waals surface area (Å²) < 4.78 is 49.4. The molecule has 2 unspecified atom stereocenters. The van der Waals surface area contributed by atoms with Gasteiger partial charge in [0.05, 0.1) is 6.61 Å². The zero-order chi connectivity index (χ0) is 16.8. The molecule has 0 fully saturated rings. The van der Waals surface area contributed by atoms with Crippen molar-refractivity contribution in [1.82, 2.24) is 0 Å². The SMILES string of the molecule is CCOC(=O)C(C)OC(=O)C(CC)(CC(C)C)C(F)(F)F. The van der Waals surface area contributed by atoms with Crippen molar-refractivity contribution in [2.24, 2.45) is 11.3 Å². The van der Waals surface area contributed by atoms with Crippen LogP contribution in [0.15, 0.2) is 0 Å². The van der Waals surface area contributed by atoms with Crippen molar-refractivity contribution >= 4 is 11.9 Å². The van der Waals surface area contributed by atoms with E-state index in [1.807, 2.05) is 0 Å². The molecule has 0 rings (SSSR count). The predicted octanol–water partition coefficient (Wildman–Crippen LogP) is 3.49. The Labute approximate surface area is 123 Å². The van der Waals surface area contributed by atoms with Crippen LogP contribution in [-0.2, 0) is 19.1 Å². The van der Waals surface area contributed by atoms with Gasteiger partial charge in [-0.05, 0) is 32.6 Å². The third-order valence-electron chi connectivity index (χ3n) is 3.20. The van der Waals surface area contributed by atoms with Gasteiger partial charge < -0.3 is 9.47 Å². The first-order valence-electron chi connectivity index (χ1n) is 6.96. The summed E-state index contributed by atoms with van der Waals surface area (Å²) in [6.07, 6.45) is -6.93. The van der Waals surface area contributed by atoms with E-state index in [0.717, 1.165) is 0 Å². The Morgan fingerprint density at radius 2 is 1.62 bits per heavy atom. The zero-order valence-electron chi connectivity index (χ0n) is 13.0. The molecule has 0 aromatic rings. The molecule has 0 saturated heterocycles. The van der Waals surface area contributed by atoms with Gasteiger partial charge in [-0.15, -0.1) is 0 Å². The second kappa shape index (κ2) is 7.66. The van der Waals surface area contributed by atoms with Crippen molar-refractivity contribution < 1.29 is 32.2 Å². The molecule has 21 heavy (non-hydrogen) atoms. The second-order valence-electron chi connectivity index (χ2n) is 5.33. The number of esters is 2. The fourth-order valence-electron chi connectivity index (χ4n) is 2.08. The van der Waals surface area contributed by atoms with E-state index < -0.39 is 36.1 Å². The van der Waals surface area contributed by atoms with E-state index in [9.17, 15) is 22.8 Å². The topological polar surface area (TPSA) is 52.6 Å². The Hall–Kier alpha value is -1.27. The van der Waals surface area contributed by atoms with E-state index in [0.29, 0.717) is 0 Å². The van der Waals surface area contributed by atoms with Gasteiger partial charge in [-0.1, -0.05) is 20.8 Å². The van der Waals surface area contributed by atoms with Gasteiger partial charge in [-0.25, -0.2) is 4.79 Å². The fraction of sp³-hybridized carbons (Fsp3) is 0.857. The van der Waals surface area contributed by atoms with Crippen LogP contribution in [-0.4, -0.2) is 30.8 Å². The van der Waals surface area contributed by atoms with Crippen LogP contribution >= 0.6 is 0 Å². The second-order valence-corrected chi connectivity index (χ2v) is 5.33. The highest BCUT2D eigenvalue weighted by molar-refractivity contribution is 5.82. The molecular formula is C14H23F3O4. The zero-order valence-corrected chi connectivity index (χ0v) is 13.0. The number of carbonyl (C=O) groups is 2. The van der Waals surface area contributed by atoms with Crippen molar-refractivity contribution in [1.29, 1.82) is 0 Å². The molecular weight excluding hydrogens is 289 g/mol. The molecule has 0 spiro atoms. The van der Waals surface area contributed by atoms with Crippen LogP contribution in [0.25, 0.3) is 0 Å². The molecule has 0 saturated carbocycles. The van der Waals surface area contributed by atoms with E-state index in [1.54, 1.807) is 20.8 Å². The molecule has 2 atom stereocenters. The average molecular weight is 312 g/mol. The molecule has 0 aromatic heterocycles. The summed E-state index contributed by atoms with van der Waals surface area (Å²) in [6.45, 7) is 7.28. The van der Waals surface area contributed by atoms with Crippen LogP contribution in [0.4, 0.5) is 13.2 Å². The third kappa shape index (κ3) is 4.89. The molecule has 0 heterocycles. The Morgan fingerprint density at radius 1 is 1.10 bits per heavy atom. The van der Waals surface area contributed by atoms with Crippen LogP contribution < -0.4 is 0 Å². The Bertz CT molecular complexity index is 366. The third-order valence-corrected chi connectivity index (χ3v) is 3.20. The molecule has 0 aliphatic rings. The summed E-state index contributed by atoms with van der Waals surface area (Å²) in [5.74, 6) is -2.63. The van der Waals surface area contributed by atoms with Gasteiger partial charge in [0.1, 0.15) is 0 Å². The van der Waals surface area contributed by atoms with E-state index in [-0.39, 0.29) is 18.9 Å². The van der Waals surface area contributed by atoms with Gasteiger partial charge in [0.15, 0.2) is 11.5 Å². The minimum absolute atomic E-state index is 0.0604. The van der Waals surface area contributed by atoms with Gasteiger partial charge in [-0.3, -0.25) is 4.79 Å². The first-order chi connectivity index (χ1) is 9.51. The van der Waals surface area contributed by atoms with Gasteiger partial charge in [0.2, 0.25) is 0 Å². The molecule has 0 radical (unpaired) electrons. The molecule has 0 aliphatic carbocycles. The summed E-state index contributed by atoms with van der Waals surface area (Å²) in [5, 5.41) is 0. The van der Waals surface area contributed by atoms with E-state index in [2.05, 4.69) is 4.74 Å². The van der Waals surface area contributed by atoms with Crippen LogP contribution in [0, 0.1) is 11.3 Å². The highest BCUT2D eigenvalue weighted by atomic mass is 19.4. The first-order valence-corrected chi connectivity index (χ1v) is 6.96. The molecule has 0 N–H and O–H groups in total. The fourth-order valence-corrected chi connectivity index (χ4v) is 2.08. The number of ether oxygens (including phenoxy) is 2. The lowest BCUT2D eigenvalue weighted by Crippen LogP contribution is -2.48. The highest BCUT2D eigenvalue weighted by Crippen LogP contribution is 2.47. The predicted molar refractivity (Wildman–Crippen MR) is 70.4 cm³/mol. The molecule has 0 aromatic carbocycles. The summed E-state index contributed by atoms with van der Waals surface area (Å²) >= 11 is 0. The van der Waals surface area contributed by atoms with Crippen LogP contribution in [0.3, 0.4) is 0 Å². The number of hydrogen-bond acceptors (Lipinski definition) is 4. The number of rotatable bonds is 7. The summed E-state index contributed by atoms with van der Waals surface area (Å²) in [7, 11) is 0. The van der Waals surface area contributed by atoms with Gasteiger partial charge in [-0.2, -0.15) is 13.2 Å². The van der Waals surface area contributed by atoms with E-state index in [1.165, 1.54) is 13.8 Å². The van der Waals surface area contributed by atoms with Gasteiger partial charge in [0.25, 0.3) is 0 Å². The van der Waals surface area contributed by atoms with E-state index in [4.69, 9.17) is 4.74 Å². The summed E-state index contributed by atoms with van der Waals surface area (Å²) in [4.78, 5) is 23.4. The Morgan fingerprint density at radius 3 is 1.95 bits per heavy atom. The molecule has 7 heteroatoms. The standard InChI is InChI=1S/C14H23F3O4/c1-6-13(8-9(3)4,14(15,16)17)12(19)21-10(5)11(18)20-7-2/h9-10H,6-8H2,1-5H3. The minimum Gasteiger partial charge on any atom is -0.463 e. The smallest absolute Gasteiger partial charge is 0.404 e. The van der Waals surface area contributed by atoms with Crippen molar-refractivity contribution in [3.8, 4) is 0 Å². The van der Waals surface area contributed by atoms with Crippen molar-refractivity contribution in [2.45, 2.75) is 59.7 Å². The number of halogens is 3. The van der Waals surface area contributed by atoms with Crippen LogP contribution in [0.5, 0.6) is 0 Å². The monoisotopic (exact) mass is 312 g/mol. The number of carbonyl (C=O) groups excluding carboxylic acids is 2. The molecule has 0 amide bonds. The average Bonchev–Trinajstić information content (AvgIpc) is 2.34. The largest absolute Gasteiger partial charge is 0.463 e. The molecule has 0 bridgehead atoms. The summed E-state index contributed by atoms with van der Waals surface area (Å²) in [6, 6.07) is 0. The Kier molecular flexibility index (Phi) is 7.19. The van der Waals surface area contributed by atoms with E-state index >= 15 is 0 Å². The lowest BCUT2D eigenvalue weighted by atomic mass is 9.77. The highest BCUT2D eigenvalue weighted by Gasteiger charge is 2.60. The number of hydrogen-bond donors (Lipinski definition) is 0. The Balaban J connectivity index is 5.26. The maximum atomic E-state index is 13.4. The van der Waals surface area contributed by atoms with Gasteiger partial charge >= 0.3 is 18.1 Å². The quantitative estimate of drug-likeness (QED) is 0.675. The number of alkyl halides is 3. The lowest BCUT2D eigenvalue weighted by Gasteiger charge is -2.34. The molecule has 0 aliphatic heterocycles. The van der Waals surface area contributed by atoms with Crippen LogP contribution in [0.1, 0.15) is 47.5 Å². The normalized spacial score (nSPS) is 16.2. The molecule has 4 nitrogen and oxygen atoms in total. The first kappa shape index (κ1) is 19.7. The van der Waals surface area contributed by atoms with Gasteiger partial charge in [0, 0.05) is 0 Å².